The Kier molecular flexibility index (Phi) is 4.62. The fourth-order valence-electron chi connectivity index (χ4n) is 1.83. The van der Waals surface area contributed by atoms with E-state index in [2.05, 4.69) is 25.7 Å². The van der Waals surface area contributed by atoms with Gasteiger partial charge in [-0.1, -0.05) is 11.3 Å². The number of likely N-dealkylation sites (N-methyl/N-ethyl adjacent to an activating group) is 1. The molecular formula is C11H19N5OS. The van der Waals surface area contributed by atoms with Crippen molar-refractivity contribution in [2.24, 2.45) is 0 Å². The molecule has 2 rings (SSSR count). The SMILES string of the molecule is CN(C)CCc1nnc(NC(=O)C2CCCN2)s1. The minimum absolute atomic E-state index is 0.00260. The van der Waals surface area contributed by atoms with E-state index in [1.54, 1.807) is 0 Å². The van der Waals surface area contributed by atoms with Gasteiger partial charge in [-0.2, -0.15) is 0 Å². The van der Waals surface area contributed by atoms with Crippen molar-refractivity contribution in [1.82, 2.24) is 20.4 Å². The van der Waals surface area contributed by atoms with E-state index in [1.165, 1.54) is 11.3 Å². The Hall–Kier alpha value is -1.05. The highest BCUT2D eigenvalue weighted by molar-refractivity contribution is 7.15. The number of aromatic nitrogens is 2. The largest absolute Gasteiger partial charge is 0.309 e. The van der Waals surface area contributed by atoms with Gasteiger partial charge in [-0.05, 0) is 33.5 Å². The van der Waals surface area contributed by atoms with Gasteiger partial charge >= 0.3 is 0 Å². The van der Waals surface area contributed by atoms with Crippen molar-refractivity contribution in [3.8, 4) is 0 Å². The molecule has 0 aromatic carbocycles. The van der Waals surface area contributed by atoms with Gasteiger partial charge in [0.15, 0.2) is 0 Å². The van der Waals surface area contributed by atoms with Gasteiger partial charge < -0.3 is 10.2 Å². The Bertz CT molecular complexity index is 400. The maximum absolute atomic E-state index is 11.8. The summed E-state index contributed by atoms with van der Waals surface area (Å²) in [7, 11) is 4.05. The maximum atomic E-state index is 11.8. The Labute approximate surface area is 111 Å². The first kappa shape index (κ1) is 13.4. The second-order valence-corrected chi connectivity index (χ2v) is 5.75. The van der Waals surface area contributed by atoms with E-state index in [0.29, 0.717) is 5.13 Å². The Morgan fingerprint density at radius 1 is 1.56 bits per heavy atom. The van der Waals surface area contributed by atoms with E-state index in [-0.39, 0.29) is 11.9 Å². The Balaban J connectivity index is 1.84. The van der Waals surface area contributed by atoms with Crippen LogP contribution in [0.25, 0.3) is 0 Å². The lowest BCUT2D eigenvalue weighted by Gasteiger charge is -2.08. The molecule has 1 unspecified atom stereocenters. The molecule has 1 atom stereocenters. The predicted octanol–water partition coefficient (Wildman–Crippen LogP) is 0.333. The molecule has 0 bridgehead atoms. The van der Waals surface area contributed by atoms with Gasteiger partial charge in [0.05, 0.1) is 6.04 Å². The average Bonchev–Trinajstić information content (AvgIpc) is 2.97. The van der Waals surface area contributed by atoms with Crippen LogP contribution < -0.4 is 10.6 Å². The number of nitrogens with zero attached hydrogens (tertiary/aromatic N) is 3. The molecule has 1 aromatic rings. The van der Waals surface area contributed by atoms with Crippen molar-refractivity contribution < 1.29 is 4.79 Å². The third kappa shape index (κ3) is 3.72. The second kappa shape index (κ2) is 6.21. The lowest BCUT2D eigenvalue weighted by atomic mass is 10.2. The van der Waals surface area contributed by atoms with Gasteiger partial charge in [0.25, 0.3) is 0 Å². The highest BCUT2D eigenvalue weighted by atomic mass is 32.1. The summed E-state index contributed by atoms with van der Waals surface area (Å²) < 4.78 is 0. The molecule has 1 aromatic heterocycles. The fourth-order valence-corrected chi connectivity index (χ4v) is 2.56. The highest BCUT2D eigenvalue weighted by Gasteiger charge is 2.22. The summed E-state index contributed by atoms with van der Waals surface area (Å²) in [5, 5.41) is 15.6. The van der Waals surface area contributed by atoms with Crippen molar-refractivity contribution in [3.05, 3.63) is 5.01 Å². The van der Waals surface area contributed by atoms with Gasteiger partial charge in [-0.3, -0.25) is 10.1 Å². The molecule has 2 heterocycles. The summed E-state index contributed by atoms with van der Waals surface area (Å²) >= 11 is 1.45. The van der Waals surface area contributed by atoms with E-state index in [1.807, 2.05) is 14.1 Å². The van der Waals surface area contributed by atoms with Crippen LogP contribution in [-0.4, -0.2) is 54.2 Å². The van der Waals surface area contributed by atoms with Crippen molar-refractivity contribution in [3.63, 3.8) is 0 Å². The summed E-state index contributed by atoms with van der Waals surface area (Å²) in [5.74, 6) is 0.00260. The first-order valence-corrected chi connectivity index (χ1v) is 6.98. The van der Waals surface area contributed by atoms with Gasteiger partial charge in [-0.25, -0.2) is 0 Å². The van der Waals surface area contributed by atoms with E-state index in [9.17, 15) is 4.79 Å². The van der Waals surface area contributed by atoms with E-state index in [4.69, 9.17) is 0 Å². The van der Waals surface area contributed by atoms with Crippen LogP contribution in [0.4, 0.5) is 5.13 Å². The molecule has 1 amide bonds. The fraction of sp³-hybridized carbons (Fsp3) is 0.727. The van der Waals surface area contributed by atoms with Gasteiger partial charge in [-0.15, -0.1) is 10.2 Å². The molecular weight excluding hydrogens is 250 g/mol. The molecule has 0 radical (unpaired) electrons. The standard InChI is InChI=1S/C11H19N5OS/c1-16(2)7-5-9-14-15-11(18-9)13-10(17)8-4-3-6-12-8/h8,12H,3-7H2,1-2H3,(H,13,15,17). The first-order chi connectivity index (χ1) is 8.65. The highest BCUT2D eigenvalue weighted by Crippen LogP contribution is 2.17. The molecule has 0 aliphatic carbocycles. The minimum Gasteiger partial charge on any atom is -0.309 e. The summed E-state index contributed by atoms with van der Waals surface area (Å²) in [4.78, 5) is 13.9. The van der Waals surface area contributed by atoms with Crippen LogP contribution in [0.5, 0.6) is 0 Å². The number of hydrogen-bond acceptors (Lipinski definition) is 6. The topological polar surface area (TPSA) is 70.2 Å². The quantitative estimate of drug-likeness (QED) is 0.806. The van der Waals surface area contributed by atoms with Crippen molar-refractivity contribution in [1.29, 1.82) is 0 Å². The average molecular weight is 269 g/mol. The zero-order chi connectivity index (χ0) is 13.0. The Morgan fingerprint density at radius 3 is 3.06 bits per heavy atom. The second-order valence-electron chi connectivity index (χ2n) is 4.69. The number of amides is 1. The van der Waals surface area contributed by atoms with Gasteiger partial charge in [0.1, 0.15) is 5.01 Å². The predicted molar refractivity (Wildman–Crippen MR) is 71.8 cm³/mol. The van der Waals surface area contributed by atoms with E-state index in [0.717, 1.165) is 37.4 Å². The number of rotatable bonds is 5. The molecule has 6 nitrogen and oxygen atoms in total. The number of carbonyl (C=O) groups excluding carboxylic acids is 1. The smallest absolute Gasteiger partial charge is 0.243 e. The van der Waals surface area contributed by atoms with Gasteiger partial charge in [0, 0.05) is 13.0 Å². The van der Waals surface area contributed by atoms with E-state index < -0.39 is 0 Å². The normalized spacial score (nSPS) is 19.4. The molecule has 100 valence electrons. The van der Waals surface area contributed by atoms with E-state index >= 15 is 0 Å². The van der Waals surface area contributed by atoms with Crippen LogP contribution in [-0.2, 0) is 11.2 Å². The number of carbonyl (C=O) groups is 1. The summed E-state index contributed by atoms with van der Waals surface area (Å²) in [6.07, 6.45) is 2.82. The number of anilines is 1. The third-order valence-electron chi connectivity index (χ3n) is 2.85. The zero-order valence-corrected chi connectivity index (χ0v) is 11.6. The molecule has 0 saturated carbocycles. The van der Waals surface area contributed by atoms with Crippen LogP contribution >= 0.6 is 11.3 Å². The molecule has 2 N–H and O–H groups in total. The van der Waals surface area contributed by atoms with Crippen LogP contribution in [0.2, 0.25) is 0 Å². The third-order valence-corrected chi connectivity index (χ3v) is 3.75. The Morgan fingerprint density at radius 2 is 2.39 bits per heavy atom. The first-order valence-electron chi connectivity index (χ1n) is 6.16. The van der Waals surface area contributed by atoms with Crippen molar-refractivity contribution >= 4 is 22.4 Å². The number of nitrogens with one attached hydrogen (secondary N) is 2. The number of hydrogen-bond donors (Lipinski definition) is 2. The van der Waals surface area contributed by atoms with Crippen molar-refractivity contribution in [2.75, 3.05) is 32.5 Å². The maximum Gasteiger partial charge on any atom is 0.243 e. The summed E-state index contributed by atoms with van der Waals surface area (Å²) in [6.45, 7) is 1.86. The molecule has 1 aliphatic heterocycles. The molecule has 7 heteroatoms. The van der Waals surface area contributed by atoms with Crippen LogP contribution in [0.1, 0.15) is 17.8 Å². The lowest BCUT2D eigenvalue weighted by Crippen LogP contribution is -2.35. The lowest BCUT2D eigenvalue weighted by molar-refractivity contribution is -0.117. The minimum atomic E-state index is -0.0703. The van der Waals surface area contributed by atoms with Gasteiger partial charge in [0.2, 0.25) is 11.0 Å². The molecule has 1 saturated heterocycles. The van der Waals surface area contributed by atoms with Crippen LogP contribution in [0, 0.1) is 0 Å². The van der Waals surface area contributed by atoms with Crippen molar-refractivity contribution in [2.45, 2.75) is 25.3 Å². The monoisotopic (exact) mass is 269 g/mol. The summed E-state index contributed by atoms with van der Waals surface area (Å²) in [6, 6.07) is -0.0703. The van der Waals surface area contributed by atoms with Crippen LogP contribution in [0.15, 0.2) is 0 Å². The molecule has 0 spiro atoms. The molecule has 18 heavy (non-hydrogen) atoms. The van der Waals surface area contributed by atoms with Crippen LogP contribution in [0.3, 0.4) is 0 Å². The summed E-state index contributed by atoms with van der Waals surface area (Å²) in [5.41, 5.74) is 0. The molecule has 1 aliphatic rings. The zero-order valence-electron chi connectivity index (χ0n) is 10.8. The molecule has 1 fully saturated rings.